The van der Waals surface area contributed by atoms with Crippen molar-refractivity contribution in [3.05, 3.63) is 65.1 Å². The van der Waals surface area contributed by atoms with E-state index in [0.717, 1.165) is 6.07 Å². The van der Waals surface area contributed by atoms with Gasteiger partial charge in [-0.1, -0.05) is 0 Å². The van der Waals surface area contributed by atoms with Gasteiger partial charge in [0.2, 0.25) is 0 Å². The molecule has 0 saturated heterocycles. The van der Waals surface area contributed by atoms with Crippen LogP contribution >= 0.6 is 0 Å². The van der Waals surface area contributed by atoms with Gasteiger partial charge in [-0.25, -0.2) is 13.8 Å². The molecule has 4 aromatic rings. The molecule has 0 fully saturated rings. The molecule has 30 heavy (non-hydrogen) atoms. The van der Waals surface area contributed by atoms with E-state index in [4.69, 9.17) is 4.42 Å². The number of hydrogen-bond donors (Lipinski definition) is 0. The number of carbonyl (C=O) groups is 1. The zero-order valence-electron chi connectivity index (χ0n) is 16.4. The van der Waals surface area contributed by atoms with E-state index in [-0.39, 0.29) is 11.6 Å². The van der Waals surface area contributed by atoms with E-state index in [1.54, 1.807) is 36.9 Å². The normalized spacial score (nSPS) is 13.7. The maximum atomic E-state index is 14.3. The summed E-state index contributed by atoms with van der Waals surface area (Å²) in [5.74, 6) is -1.17. The minimum Gasteiger partial charge on any atom is -0.463 e. The second-order valence-corrected chi connectivity index (χ2v) is 7.39. The summed E-state index contributed by atoms with van der Waals surface area (Å²) in [6, 6.07) is 7.23. The summed E-state index contributed by atoms with van der Waals surface area (Å²) in [4.78, 5) is 19.7. The highest BCUT2D eigenvalue weighted by Gasteiger charge is 2.29. The summed E-state index contributed by atoms with van der Waals surface area (Å²) in [6.45, 7) is 2.17. The number of aryl methyl sites for hydroxylation is 2. The number of furan rings is 1. The Hall–Kier alpha value is -3.55. The predicted molar refractivity (Wildman–Crippen MR) is 107 cm³/mol. The van der Waals surface area contributed by atoms with Gasteiger partial charge in [0.25, 0.3) is 5.91 Å². The van der Waals surface area contributed by atoms with Crippen molar-refractivity contribution in [1.82, 2.24) is 14.8 Å². The lowest BCUT2D eigenvalue weighted by Gasteiger charge is -2.30. The summed E-state index contributed by atoms with van der Waals surface area (Å²) in [5.41, 5.74) is 2.67. The molecule has 0 spiro atoms. The van der Waals surface area contributed by atoms with Crippen molar-refractivity contribution >= 4 is 22.6 Å². The Bertz CT molecular complexity index is 1290. The molecule has 0 aliphatic carbocycles. The van der Waals surface area contributed by atoms with Crippen LogP contribution in [0.1, 0.15) is 28.0 Å². The minimum atomic E-state index is -0.709. The van der Waals surface area contributed by atoms with Crippen molar-refractivity contribution in [3.8, 4) is 11.5 Å². The largest absolute Gasteiger partial charge is 0.463 e. The number of nitrogens with zero attached hydrogens (tertiary/aromatic N) is 4. The predicted octanol–water partition coefficient (Wildman–Crippen LogP) is 4.41. The number of halogens is 2. The van der Waals surface area contributed by atoms with Crippen LogP contribution in [0.3, 0.4) is 0 Å². The average Bonchev–Trinajstić information content (AvgIpc) is 3.35. The fourth-order valence-corrected chi connectivity index (χ4v) is 4.13. The lowest BCUT2D eigenvalue weighted by atomic mass is 9.99. The maximum absolute atomic E-state index is 14.3. The molecular weight excluding hydrogens is 390 g/mol. The molecule has 1 amide bonds. The molecule has 0 radical (unpaired) electrons. The molecule has 1 aliphatic rings. The molecule has 1 aromatic carbocycles. The molecule has 6 nitrogen and oxygen atoms in total. The molecule has 5 rings (SSSR count). The summed E-state index contributed by atoms with van der Waals surface area (Å²) in [6.07, 6.45) is 2.58. The van der Waals surface area contributed by atoms with E-state index in [2.05, 4.69) is 10.1 Å². The summed E-state index contributed by atoms with van der Waals surface area (Å²) < 4.78 is 35.4. The second kappa shape index (κ2) is 6.76. The van der Waals surface area contributed by atoms with E-state index in [1.807, 2.05) is 0 Å². The van der Waals surface area contributed by atoms with Gasteiger partial charge in [0, 0.05) is 25.2 Å². The van der Waals surface area contributed by atoms with Gasteiger partial charge in [0.05, 0.1) is 28.6 Å². The number of anilines is 1. The van der Waals surface area contributed by atoms with Crippen LogP contribution in [-0.2, 0) is 13.5 Å². The van der Waals surface area contributed by atoms with Crippen molar-refractivity contribution in [2.75, 3.05) is 11.4 Å². The molecule has 1 aliphatic heterocycles. The number of benzene rings is 1. The molecule has 0 saturated carbocycles. The van der Waals surface area contributed by atoms with Crippen molar-refractivity contribution in [3.63, 3.8) is 0 Å². The Morgan fingerprint density at radius 3 is 2.83 bits per heavy atom. The fourth-order valence-electron chi connectivity index (χ4n) is 4.13. The van der Waals surface area contributed by atoms with Crippen LogP contribution in [-0.4, -0.2) is 27.2 Å². The van der Waals surface area contributed by atoms with Gasteiger partial charge in [-0.05, 0) is 44.0 Å². The SMILES string of the molecule is Cc1nn(C)c2nc(-c3ccco3)cc(C(=O)N3CCCc4c(F)cc(F)cc43)c12. The lowest BCUT2D eigenvalue weighted by molar-refractivity contribution is 0.0986. The van der Waals surface area contributed by atoms with Gasteiger partial charge in [0.1, 0.15) is 17.3 Å². The van der Waals surface area contributed by atoms with E-state index >= 15 is 0 Å². The zero-order chi connectivity index (χ0) is 21.0. The van der Waals surface area contributed by atoms with E-state index < -0.39 is 11.6 Å². The van der Waals surface area contributed by atoms with Gasteiger partial charge in [-0.3, -0.25) is 9.48 Å². The number of carbonyl (C=O) groups excluding carboxylic acids is 1. The lowest BCUT2D eigenvalue weighted by Crippen LogP contribution is -2.36. The smallest absolute Gasteiger partial charge is 0.259 e. The standard InChI is InChI=1S/C22H18F2N4O2/c1-12-20-15(11-17(19-6-4-8-30-19)25-21(20)27(2)26-12)22(29)28-7-3-5-14-16(24)9-13(23)10-18(14)28/h4,6,8-11H,3,5,7H2,1-2H3. The van der Waals surface area contributed by atoms with Gasteiger partial charge >= 0.3 is 0 Å². The third-order valence-electron chi connectivity index (χ3n) is 5.45. The fraction of sp³-hybridized carbons (Fsp3) is 0.227. The van der Waals surface area contributed by atoms with Crippen molar-refractivity contribution in [2.45, 2.75) is 19.8 Å². The Kier molecular flexibility index (Phi) is 4.16. The maximum Gasteiger partial charge on any atom is 0.259 e. The highest BCUT2D eigenvalue weighted by atomic mass is 19.1. The van der Waals surface area contributed by atoms with Gasteiger partial charge in [0.15, 0.2) is 11.4 Å². The van der Waals surface area contributed by atoms with Crippen LogP contribution in [0.2, 0.25) is 0 Å². The van der Waals surface area contributed by atoms with Gasteiger partial charge in [-0.2, -0.15) is 5.10 Å². The van der Waals surface area contributed by atoms with Crippen LogP contribution < -0.4 is 4.90 Å². The molecule has 3 aromatic heterocycles. The van der Waals surface area contributed by atoms with E-state index in [0.29, 0.717) is 58.7 Å². The highest BCUT2D eigenvalue weighted by Crippen LogP contribution is 2.34. The molecule has 4 heterocycles. The van der Waals surface area contributed by atoms with Crippen LogP contribution in [0, 0.1) is 18.6 Å². The van der Waals surface area contributed by atoms with Crippen molar-refractivity contribution in [2.24, 2.45) is 7.05 Å². The van der Waals surface area contributed by atoms with Gasteiger partial charge in [-0.15, -0.1) is 0 Å². The molecule has 0 N–H and O–H groups in total. The molecular formula is C22H18F2N4O2. The number of fused-ring (bicyclic) bond motifs is 2. The first kappa shape index (κ1) is 18.5. The average molecular weight is 408 g/mol. The number of amides is 1. The van der Waals surface area contributed by atoms with Gasteiger partial charge < -0.3 is 9.32 Å². The summed E-state index contributed by atoms with van der Waals surface area (Å²) >= 11 is 0. The minimum absolute atomic E-state index is 0.273. The second-order valence-electron chi connectivity index (χ2n) is 7.39. The number of hydrogen-bond acceptors (Lipinski definition) is 4. The number of pyridine rings is 1. The van der Waals surface area contributed by atoms with Crippen LogP contribution in [0.15, 0.2) is 41.0 Å². The molecule has 0 atom stereocenters. The molecule has 8 heteroatoms. The Morgan fingerprint density at radius 1 is 1.23 bits per heavy atom. The Morgan fingerprint density at radius 2 is 2.07 bits per heavy atom. The van der Waals surface area contributed by atoms with Crippen molar-refractivity contribution in [1.29, 1.82) is 0 Å². The first-order valence-electron chi connectivity index (χ1n) is 9.62. The summed E-state index contributed by atoms with van der Waals surface area (Å²) in [7, 11) is 1.75. The first-order valence-corrected chi connectivity index (χ1v) is 9.62. The number of aromatic nitrogens is 3. The van der Waals surface area contributed by atoms with Crippen LogP contribution in [0.4, 0.5) is 14.5 Å². The quantitative estimate of drug-likeness (QED) is 0.493. The monoisotopic (exact) mass is 408 g/mol. The Labute approximate surface area is 170 Å². The molecule has 0 unspecified atom stereocenters. The summed E-state index contributed by atoms with van der Waals surface area (Å²) in [5, 5.41) is 5.02. The van der Waals surface area contributed by atoms with Crippen LogP contribution in [0.25, 0.3) is 22.5 Å². The first-order chi connectivity index (χ1) is 14.4. The van der Waals surface area contributed by atoms with E-state index in [9.17, 15) is 13.6 Å². The van der Waals surface area contributed by atoms with Crippen LogP contribution in [0.5, 0.6) is 0 Å². The topological polar surface area (TPSA) is 64.2 Å². The molecule has 152 valence electrons. The van der Waals surface area contributed by atoms with E-state index in [1.165, 1.54) is 17.2 Å². The third kappa shape index (κ3) is 2.79. The zero-order valence-corrected chi connectivity index (χ0v) is 16.4. The third-order valence-corrected chi connectivity index (χ3v) is 5.45. The number of rotatable bonds is 2. The Balaban J connectivity index is 1.72. The highest BCUT2D eigenvalue weighted by molar-refractivity contribution is 6.14. The molecule has 0 bridgehead atoms. The van der Waals surface area contributed by atoms with Crippen molar-refractivity contribution < 1.29 is 18.0 Å².